The Hall–Kier alpha value is -2.79. The molecule has 1 unspecified atom stereocenters. The van der Waals surface area contributed by atoms with Gasteiger partial charge in [-0.15, -0.1) is 0 Å². The number of carbonyl (C=O) groups is 1. The number of ether oxygens (including phenoxy) is 1. The van der Waals surface area contributed by atoms with E-state index in [0.29, 0.717) is 19.1 Å². The number of aromatic nitrogens is 1. The molecule has 5 nitrogen and oxygen atoms in total. The van der Waals surface area contributed by atoms with Gasteiger partial charge >= 0.3 is 0 Å². The van der Waals surface area contributed by atoms with E-state index in [4.69, 9.17) is 4.74 Å². The molecule has 1 fully saturated rings. The Kier molecular flexibility index (Phi) is 6.38. The van der Waals surface area contributed by atoms with Crippen LogP contribution in [-0.2, 0) is 4.79 Å². The van der Waals surface area contributed by atoms with Crippen LogP contribution < -0.4 is 15.0 Å². The van der Waals surface area contributed by atoms with Crippen molar-refractivity contribution in [3.8, 4) is 5.75 Å². The number of rotatable bonds is 7. The molecule has 1 aromatic heterocycles. The number of fused-ring (bicyclic) bond motifs is 1. The van der Waals surface area contributed by atoms with Crippen molar-refractivity contribution in [2.75, 3.05) is 26.7 Å². The van der Waals surface area contributed by atoms with Crippen LogP contribution in [0.3, 0.4) is 0 Å². The minimum atomic E-state index is 0.0739. The van der Waals surface area contributed by atoms with E-state index < -0.39 is 0 Å². The Morgan fingerprint density at radius 3 is 2.77 bits per heavy atom. The summed E-state index contributed by atoms with van der Waals surface area (Å²) in [5.74, 6) is 1.05. The Morgan fingerprint density at radius 2 is 2.00 bits per heavy atom. The fourth-order valence-electron chi connectivity index (χ4n) is 4.63. The maximum Gasteiger partial charge on any atom is 0.275 e. The van der Waals surface area contributed by atoms with Gasteiger partial charge in [0.25, 0.3) is 5.91 Å². The molecule has 2 heterocycles. The molecular formula is C25H32N3O2+. The van der Waals surface area contributed by atoms with Gasteiger partial charge in [-0.05, 0) is 55.5 Å². The molecule has 4 rings (SSSR count). The third-order valence-corrected chi connectivity index (χ3v) is 6.49. The minimum Gasteiger partial charge on any atom is -0.497 e. The maximum atomic E-state index is 12.8. The van der Waals surface area contributed by atoms with Gasteiger partial charge in [-0.1, -0.05) is 30.3 Å². The Labute approximate surface area is 178 Å². The van der Waals surface area contributed by atoms with Crippen molar-refractivity contribution in [1.82, 2.24) is 10.3 Å². The summed E-state index contributed by atoms with van der Waals surface area (Å²) in [5.41, 5.74) is 3.48. The van der Waals surface area contributed by atoms with Gasteiger partial charge in [0.1, 0.15) is 5.75 Å². The third-order valence-electron chi connectivity index (χ3n) is 6.49. The number of carbonyl (C=O) groups excluding carboxylic acids is 1. The zero-order valence-electron chi connectivity index (χ0n) is 17.9. The van der Waals surface area contributed by atoms with Crippen LogP contribution in [0.25, 0.3) is 10.9 Å². The van der Waals surface area contributed by atoms with Crippen LogP contribution in [0.1, 0.15) is 43.2 Å². The standard InChI is InChI=1S/C25H31N3O2/c1-18-7-5-6-14-28(18)17-25(29)27-15-22(19-10-12-20(30-2)13-11-19)23-16-26-24-9-4-3-8-21(23)24/h3-4,8-13,16,18,22,26H,5-7,14-15,17H2,1-2H3,(H,27,29)/p+1/t18-,22-/m0/s1. The van der Waals surface area contributed by atoms with E-state index in [-0.39, 0.29) is 11.8 Å². The normalized spacial score (nSPS) is 20.1. The molecule has 1 aliphatic rings. The number of benzene rings is 2. The second kappa shape index (κ2) is 9.35. The zero-order chi connectivity index (χ0) is 20.9. The lowest BCUT2D eigenvalue weighted by Crippen LogP contribution is -3.17. The third kappa shape index (κ3) is 4.51. The summed E-state index contributed by atoms with van der Waals surface area (Å²) in [7, 11) is 1.68. The molecule has 0 spiro atoms. The lowest BCUT2D eigenvalue weighted by atomic mass is 9.90. The number of hydrogen-bond donors (Lipinski definition) is 3. The van der Waals surface area contributed by atoms with Crippen LogP contribution >= 0.6 is 0 Å². The predicted molar refractivity (Wildman–Crippen MR) is 120 cm³/mol. The molecule has 3 aromatic rings. The van der Waals surface area contributed by atoms with Gasteiger partial charge in [0.2, 0.25) is 0 Å². The SMILES string of the molecule is COc1ccc([C@H](CNC(=O)C[NH+]2CCCC[C@@H]2C)c2c[nH]c3ccccc23)cc1. The van der Waals surface area contributed by atoms with Crippen LogP contribution in [0.4, 0.5) is 0 Å². The fraction of sp³-hybridized carbons (Fsp3) is 0.400. The van der Waals surface area contributed by atoms with Crippen molar-refractivity contribution in [2.45, 2.75) is 38.1 Å². The van der Waals surface area contributed by atoms with Crippen molar-refractivity contribution in [3.05, 3.63) is 65.9 Å². The quantitative estimate of drug-likeness (QED) is 0.565. The van der Waals surface area contributed by atoms with Gasteiger partial charge in [-0.3, -0.25) is 4.79 Å². The van der Waals surface area contributed by atoms with Gasteiger partial charge in [0, 0.05) is 29.6 Å². The average molecular weight is 407 g/mol. The number of H-pyrrole nitrogens is 1. The van der Waals surface area contributed by atoms with Gasteiger partial charge in [0.15, 0.2) is 6.54 Å². The molecule has 2 aromatic carbocycles. The Balaban J connectivity index is 1.53. The molecule has 3 N–H and O–H groups in total. The molecule has 30 heavy (non-hydrogen) atoms. The number of nitrogens with one attached hydrogen (secondary N) is 3. The summed E-state index contributed by atoms with van der Waals surface area (Å²) in [6, 6.07) is 17.0. The summed E-state index contributed by atoms with van der Waals surface area (Å²) < 4.78 is 5.32. The number of quaternary nitrogens is 1. The molecule has 1 amide bonds. The van der Waals surface area contributed by atoms with E-state index in [1.54, 1.807) is 7.11 Å². The maximum absolute atomic E-state index is 12.8. The van der Waals surface area contributed by atoms with Gasteiger partial charge in [-0.2, -0.15) is 0 Å². The lowest BCUT2D eigenvalue weighted by molar-refractivity contribution is -0.921. The van der Waals surface area contributed by atoms with Crippen LogP contribution in [0.15, 0.2) is 54.7 Å². The summed E-state index contributed by atoms with van der Waals surface area (Å²) in [4.78, 5) is 17.6. The Bertz CT molecular complexity index is 979. The van der Waals surface area contributed by atoms with Crippen molar-refractivity contribution < 1.29 is 14.4 Å². The molecule has 0 bridgehead atoms. The number of likely N-dealkylation sites (tertiary alicyclic amines) is 1. The summed E-state index contributed by atoms with van der Waals surface area (Å²) in [5, 5.41) is 4.42. The fourth-order valence-corrected chi connectivity index (χ4v) is 4.63. The first-order valence-corrected chi connectivity index (χ1v) is 11.0. The molecule has 0 aliphatic carbocycles. The first-order valence-electron chi connectivity index (χ1n) is 11.0. The smallest absolute Gasteiger partial charge is 0.275 e. The van der Waals surface area contributed by atoms with E-state index in [2.05, 4.69) is 53.8 Å². The van der Waals surface area contributed by atoms with Crippen molar-refractivity contribution in [3.63, 3.8) is 0 Å². The number of methoxy groups -OCH3 is 1. The molecule has 1 aliphatic heterocycles. The first kappa shape index (κ1) is 20.5. The molecule has 1 saturated heterocycles. The highest BCUT2D eigenvalue weighted by Crippen LogP contribution is 2.31. The largest absolute Gasteiger partial charge is 0.497 e. The highest BCUT2D eigenvalue weighted by Gasteiger charge is 2.25. The van der Waals surface area contributed by atoms with Gasteiger partial charge in [-0.25, -0.2) is 0 Å². The van der Waals surface area contributed by atoms with E-state index in [1.165, 1.54) is 40.7 Å². The zero-order valence-corrected chi connectivity index (χ0v) is 17.9. The van der Waals surface area contributed by atoms with Crippen LogP contribution in [-0.4, -0.2) is 43.7 Å². The number of aromatic amines is 1. The minimum absolute atomic E-state index is 0.0739. The van der Waals surface area contributed by atoms with E-state index in [9.17, 15) is 4.79 Å². The van der Waals surface area contributed by atoms with Crippen molar-refractivity contribution in [1.29, 1.82) is 0 Å². The molecule has 158 valence electrons. The van der Waals surface area contributed by atoms with Crippen molar-refractivity contribution in [2.24, 2.45) is 0 Å². The monoisotopic (exact) mass is 406 g/mol. The Morgan fingerprint density at radius 1 is 1.20 bits per heavy atom. The van der Waals surface area contributed by atoms with Crippen LogP contribution in [0.5, 0.6) is 5.75 Å². The summed E-state index contributed by atoms with van der Waals surface area (Å²) in [6.07, 6.45) is 5.79. The highest BCUT2D eigenvalue weighted by molar-refractivity contribution is 5.84. The van der Waals surface area contributed by atoms with Crippen molar-refractivity contribution >= 4 is 16.8 Å². The number of piperidine rings is 1. The van der Waals surface area contributed by atoms with Crippen LogP contribution in [0.2, 0.25) is 0 Å². The van der Waals surface area contributed by atoms with Crippen LogP contribution in [0, 0.1) is 0 Å². The number of para-hydroxylation sites is 1. The summed E-state index contributed by atoms with van der Waals surface area (Å²) in [6.45, 7) is 4.49. The second-order valence-electron chi connectivity index (χ2n) is 8.40. The molecule has 0 saturated carbocycles. The predicted octanol–water partition coefficient (Wildman–Crippen LogP) is 2.88. The van der Waals surface area contributed by atoms with Gasteiger partial charge in [0.05, 0.1) is 19.7 Å². The molecule has 0 radical (unpaired) electrons. The topological polar surface area (TPSA) is 58.6 Å². The second-order valence-corrected chi connectivity index (χ2v) is 8.40. The average Bonchev–Trinajstić information content (AvgIpc) is 3.20. The highest BCUT2D eigenvalue weighted by atomic mass is 16.5. The van der Waals surface area contributed by atoms with E-state index >= 15 is 0 Å². The molecule has 3 atom stereocenters. The summed E-state index contributed by atoms with van der Waals surface area (Å²) >= 11 is 0. The first-order chi connectivity index (χ1) is 14.7. The van der Waals surface area contributed by atoms with E-state index in [0.717, 1.165) is 17.8 Å². The van der Waals surface area contributed by atoms with E-state index in [1.807, 2.05) is 18.2 Å². The molecular weight excluding hydrogens is 374 g/mol. The van der Waals surface area contributed by atoms with Gasteiger partial charge < -0.3 is 19.9 Å². The number of hydrogen-bond acceptors (Lipinski definition) is 2. The molecule has 5 heteroatoms. The lowest BCUT2D eigenvalue weighted by Gasteiger charge is -2.29. The number of amides is 1.